The van der Waals surface area contributed by atoms with Crippen molar-refractivity contribution in [2.24, 2.45) is 5.92 Å². The summed E-state index contributed by atoms with van der Waals surface area (Å²) >= 11 is 0. The predicted molar refractivity (Wildman–Crippen MR) is 122 cm³/mol. The maximum atomic E-state index is 4.34. The molecular weight excluding hydrogens is 312 g/mol. The molecule has 0 nitrogen and oxygen atoms in total. The summed E-state index contributed by atoms with van der Waals surface area (Å²) in [7, 11) is 0. The van der Waals surface area contributed by atoms with E-state index in [1.807, 2.05) is 0 Å². The summed E-state index contributed by atoms with van der Waals surface area (Å²) in [4.78, 5) is 0. The van der Waals surface area contributed by atoms with Gasteiger partial charge in [0.05, 0.1) is 0 Å². The van der Waals surface area contributed by atoms with Crippen LogP contribution >= 0.6 is 0 Å². The highest BCUT2D eigenvalue weighted by atomic mass is 14.1. The van der Waals surface area contributed by atoms with Crippen LogP contribution < -0.4 is 0 Å². The van der Waals surface area contributed by atoms with Crippen molar-refractivity contribution >= 4 is 0 Å². The number of hydrogen-bond acceptors (Lipinski definition) is 0. The minimum atomic E-state index is 0.721. The Morgan fingerprint density at radius 3 is 0.923 bits per heavy atom. The molecule has 0 spiro atoms. The molecule has 0 saturated carbocycles. The lowest BCUT2D eigenvalue weighted by Crippen LogP contribution is -1.95. The molecule has 0 amide bonds. The highest BCUT2D eigenvalue weighted by Gasteiger charge is 2.02. The summed E-state index contributed by atoms with van der Waals surface area (Å²) in [6.07, 6.45) is 31.7. The average Bonchev–Trinajstić information content (AvgIpc) is 2.65. The standard InChI is InChI=1S/C26H53/c1-4-6-8-10-11-12-13-14-15-16-17-18-19-20-21-23-25-26(3)24-22-9-7-5-2/h26H,3-25H2,1-2H3. The second kappa shape index (κ2) is 23.0. The fraction of sp³-hybridized carbons (Fsp3) is 0.962. The zero-order valence-electron chi connectivity index (χ0n) is 18.8. The van der Waals surface area contributed by atoms with Gasteiger partial charge in [-0.3, -0.25) is 0 Å². The quantitative estimate of drug-likeness (QED) is 0.167. The van der Waals surface area contributed by atoms with E-state index >= 15 is 0 Å². The van der Waals surface area contributed by atoms with Crippen molar-refractivity contribution in [2.45, 2.75) is 155 Å². The van der Waals surface area contributed by atoms with Crippen LogP contribution in [0.3, 0.4) is 0 Å². The topological polar surface area (TPSA) is 0 Å². The van der Waals surface area contributed by atoms with Gasteiger partial charge in [0, 0.05) is 0 Å². The van der Waals surface area contributed by atoms with E-state index in [1.165, 1.54) is 141 Å². The van der Waals surface area contributed by atoms with Crippen LogP contribution in [0.25, 0.3) is 0 Å². The maximum Gasteiger partial charge on any atom is -0.0414 e. The van der Waals surface area contributed by atoms with E-state index in [-0.39, 0.29) is 0 Å². The van der Waals surface area contributed by atoms with Crippen LogP contribution in [-0.4, -0.2) is 0 Å². The average molecular weight is 366 g/mol. The molecule has 0 aromatic heterocycles. The largest absolute Gasteiger partial charge is 0.0654 e. The molecule has 0 N–H and O–H groups in total. The van der Waals surface area contributed by atoms with Crippen molar-refractivity contribution in [1.29, 1.82) is 0 Å². The fourth-order valence-electron chi connectivity index (χ4n) is 3.99. The Hall–Kier alpha value is 0. The molecule has 1 unspecified atom stereocenters. The van der Waals surface area contributed by atoms with Crippen molar-refractivity contribution in [3.05, 3.63) is 6.92 Å². The second-order valence-corrected chi connectivity index (χ2v) is 8.81. The second-order valence-electron chi connectivity index (χ2n) is 8.81. The highest BCUT2D eigenvalue weighted by Crippen LogP contribution is 2.18. The van der Waals surface area contributed by atoms with Crippen LogP contribution in [0.15, 0.2) is 0 Å². The third-order valence-electron chi connectivity index (χ3n) is 5.93. The molecule has 0 fully saturated rings. The van der Waals surface area contributed by atoms with Gasteiger partial charge in [-0.25, -0.2) is 0 Å². The summed E-state index contributed by atoms with van der Waals surface area (Å²) in [5, 5.41) is 0. The van der Waals surface area contributed by atoms with Crippen molar-refractivity contribution in [1.82, 2.24) is 0 Å². The van der Waals surface area contributed by atoms with Gasteiger partial charge in [-0.15, -0.1) is 0 Å². The summed E-state index contributed by atoms with van der Waals surface area (Å²) in [6, 6.07) is 0. The predicted octanol–water partition coefficient (Wildman–Crippen LogP) is 10.1. The van der Waals surface area contributed by atoms with Gasteiger partial charge in [0.25, 0.3) is 0 Å². The lowest BCUT2D eigenvalue weighted by Gasteiger charge is -2.10. The maximum absolute atomic E-state index is 4.34. The Bertz CT molecular complexity index is 232. The third-order valence-corrected chi connectivity index (χ3v) is 5.93. The fourth-order valence-corrected chi connectivity index (χ4v) is 3.99. The van der Waals surface area contributed by atoms with E-state index in [0.29, 0.717) is 0 Å². The smallest absolute Gasteiger partial charge is 0.0414 e. The molecule has 0 aliphatic carbocycles. The molecule has 0 aliphatic heterocycles. The minimum absolute atomic E-state index is 0.721. The van der Waals surface area contributed by atoms with Crippen LogP contribution in [0.5, 0.6) is 0 Å². The van der Waals surface area contributed by atoms with E-state index in [0.717, 1.165) is 5.92 Å². The van der Waals surface area contributed by atoms with Crippen LogP contribution in [-0.2, 0) is 0 Å². The normalized spacial score (nSPS) is 12.6. The van der Waals surface area contributed by atoms with Crippen LogP contribution in [0.2, 0.25) is 0 Å². The van der Waals surface area contributed by atoms with Gasteiger partial charge >= 0.3 is 0 Å². The molecule has 0 aromatic carbocycles. The van der Waals surface area contributed by atoms with E-state index in [9.17, 15) is 0 Å². The van der Waals surface area contributed by atoms with Gasteiger partial charge in [0.15, 0.2) is 0 Å². The molecule has 0 aromatic rings. The third kappa shape index (κ3) is 22.0. The molecule has 0 heterocycles. The molecule has 0 bridgehead atoms. The Labute approximate surface area is 168 Å². The minimum Gasteiger partial charge on any atom is -0.0654 e. The molecule has 157 valence electrons. The summed E-state index contributed by atoms with van der Waals surface area (Å²) in [5.41, 5.74) is 0. The van der Waals surface area contributed by atoms with E-state index in [1.54, 1.807) is 0 Å². The SMILES string of the molecule is [CH2]C(CCCCCC)CCCCCCCCCCCCCCCCCC. The molecule has 0 heteroatoms. The first kappa shape index (κ1) is 26.0. The van der Waals surface area contributed by atoms with Crippen molar-refractivity contribution in [3.63, 3.8) is 0 Å². The summed E-state index contributed by atoms with van der Waals surface area (Å²) in [5.74, 6) is 0.721. The van der Waals surface area contributed by atoms with Crippen molar-refractivity contribution in [2.75, 3.05) is 0 Å². The number of unbranched alkanes of at least 4 members (excludes halogenated alkanes) is 18. The van der Waals surface area contributed by atoms with E-state index in [4.69, 9.17) is 0 Å². The Kier molecular flexibility index (Phi) is 23.0. The molecular formula is C26H53. The van der Waals surface area contributed by atoms with E-state index < -0.39 is 0 Å². The molecule has 26 heavy (non-hydrogen) atoms. The summed E-state index contributed by atoms with van der Waals surface area (Å²) < 4.78 is 0. The number of rotatable bonds is 22. The van der Waals surface area contributed by atoms with Gasteiger partial charge in [0.1, 0.15) is 0 Å². The molecule has 1 radical (unpaired) electrons. The molecule has 1 atom stereocenters. The zero-order valence-corrected chi connectivity index (χ0v) is 18.8. The first-order valence-corrected chi connectivity index (χ1v) is 12.6. The van der Waals surface area contributed by atoms with Gasteiger partial charge in [-0.2, -0.15) is 0 Å². The van der Waals surface area contributed by atoms with Crippen LogP contribution in [0, 0.1) is 12.8 Å². The Morgan fingerprint density at radius 1 is 0.385 bits per heavy atom. The van der Waals surface area contributed by atoms with Gasteiger partial charge in [0.2, 0.25) is 0 Å². The van der Waals surface area contributed by atoms with Gasteiger partial charge in [-0.05, 0) is 5.92 Å². The molecule has 0 rings (SSSR count). The summed E-state index contributed by atoms with van der Waals surface area (Å²) in [6.45, 7) is 8.93. The number of hydrogen-bond donors (Lipinski definition) is 0. The molecule has 0 saturated heterocycles. The first-order chi connectivity index (χ1) is 12.8. The van der Waals surface area contributed by atoms with Crippen LogP contribution in [0.4, 0.5) is 0 Å². The molecule has 0 aliphatic rings. The monoisotopic (exact) mass is 365 g/mol. The Morgan fingerprint density at radius 2 is 0.615 bits per heavy atom. The van der Waals surface area contributed by atoms with E-state index in [2.05, 4.69) is 20.8 Å². The highest BCUT2D eigenvalue weighted by molar-refractivity contribution is 4.62. The lowest BCUT2D eigenvalue weighted by atomic mass is 9.96. The Balaban J connectivity index is 3.06. The van der Waals surface area contributed by atoms with Crippen LogP contribution in [0.1, 0.15) is 155 Å². The zero-order chi connectivity index (χ0) is 19.1. The first-order valence-electron chi connectivity index (χ1n) is 12.6. The van der Waals surface area contributed by atoms with Gasteiger partial charge < -0.3 is 0 Å². The van der Waals surface area contributed by atoms with Gasteiger partial charge in [-0.1, -0.05) is 162 Å². The van der Waals surface area contributed by atoms with Crippen molar-refractivity contribution < 1.29 is 0 Å². The lowest BCUT2D eigenvalue weighted by molar-refractivity contribution is 0.464. The van der Waals surface area contributed by atoms with Crippen molar-refractivity contribution in [3.8, 4) is 0 Å².